The fourth-order valence-corrected chi connectivity index (χ4v) is 3.16. The second-order valence-electron chi connectivity index (χ2n) is 5.62. The predicted molar refractivity (Wildman–Crippen MR) is 84.3 cm³/mol. The number of hydrogen-bond acceptors (Lipinski definition) is 3. The molecule has 1 aromatic rings. The van der Waals surface area contributed by atoms with E-state index in [9.17, 15) is 5.11 Å². The smallest absolute Gasteiger partial charge is 0.165 e. The molecular weight excluding hydrogens is 284 g/mol. The molecule has 1 aromatic carbocycles. The summed E-state index contributed by atoms with van der Waals surface area (Å²) in [5.41, 5.74) is 0.109. The highest BCUT2D eigenvalue weighted by Crippen LogP contribution is 2.33. The molecule has 1 saturated carbocycles. The molecule has 21 heavy (non-hydrogen) atoms. The molecule has 1 aliphatic heterocycles. The molecule has 1 aliphatic carbocycles. The van der Waals surface area contributed by atoms with Gasteiger partial charge in [-0.2, -0.15) is 0 Å². The molecule has 4 heteroatoms. The number of benzene rings is 1. The van der Waals surface area contributed by atoms with E-state index >= 15 is 0 Å². The van der Waals surface area contributed by atoms with Gasteiger partial charge >= 0.3 is 0 Å². The Kier molecular flexibility index (Phi) is 4.10. The average Bonchev–Trinajstić information content (AvgIpc) is 2.95. The normalized spacial score (nSPS) is 23.3. The molecule has 1 heterocycles. The monoisotopic (exact) mass is 302 g/mol. The molecule has 1 atom stereocenters. The Hall–Kier alpha value is -1.63. The van der Waals surface area contributed by atoms with E-state index in [4.69, 9.17) is 11.6 Å². The lowest BCUT2D eigenvalue weighted by Gasteiger charge is -2.42. The number of nitrogens with one attached hydrogen (secondary N) is 1. The van der Waals surface area contributed by atoms with E-state index in [-0.39, 0.29) is 6.17 Å². The molecule has 3 nitrogen and oxygen atoms in total. The third-order valence-electron chi connectivity index (χ3n) is 4.08. The summed E-state index contributed by atoms with van der Waals surface area (Å²) in [6.45, 7) is 0. The summed E-state index contributed by atoms with van der Waals surface area (Å²) in [6, 6.07) is 7.50. The van der Waals surface area contributed by atoms with E-state index < -0.39 is 5.72 Å². The van der Waals surface area contributed by atoms with Gasteiger partial charge in [-0.25, -0.2) is 0 Å². The number of aliphatic hydroxyl groups is 1. The van der Waals surface area contributed by atoms with Crippen LogP contribution in [0.5, 0.6) is 0 Å². The lowest BCUT2D eigenvalue weighted by Crippen LogP contribution is -2.52. The van der Waals surface area contributed by atoms with Crippen molar-refractivity contribution in [3.63, 3.8) is 0 Å². The highest BCUT2D eigenvalue weighted by atomic mass is 35.5. The molecule has 1 fully saturated rings. The van der Waals surface area contributed by atoms with Gasteiger partial charge in [-0.3, -0.25) is 0 Å². The van der Waals surface area contributed by atoms with Crippen LogP contribution < -0.4 is 5.32 Å². The fourth-order valence-electron chi connectivity index (χ4n) is 2.97. The van der Waals surface area contributed by atoms with Crippen LogP contribution in [-0.4, -0.2) is 21.9 Å². The molecule has 2 N–H and O–H groups in total. The first-order valence-electron chi connectivity index (χ1n) is 7.38. The lowest BCUT2D eigenvalue weighted by atomic mass is 9.90. The SMILES string of the molecule is OC1(N2C=CNC2C#Cc2cccc(Cl)c2)CCCCC1. The van der Waals surface area contributed by atoms with Gasteiger partial charge in [-0.05, 0) is 43.9 Å². The minimum Gasteiger partial charge on any atom is -0.371 e. The molecule has 0 saturated heterocycles. The van der Waals surface area contributed by atoms with Crippen LogP contribution in [0.3, 0.4) is 0 Å². The molecule has 0 amide bonds. The molecular formula is C17H19ClN2O. The van der Waals surface area contributed by atoms with Gasteiger partial charge in [0.25, 0.3) is 0 Å². The van der Waals surface area contributed by atoms with Crippen molar-refractivity contribution < 1.29 is 5.11 Å². The largest absolute Gasteiger partial charge is 0.371 e. The third kappa shape index (κ3) is 3.18. The summed E-state index contributed by atoms with van der Waals surface area (Å²) in [6.07, 6.45) is 8.50. The van der Waals surface area contributed by atoms with Crippen molar-refractivity contribution in [1.82, 2.24) is 10.2 Å². The Morgan fingerprint density at radius 3 is 2.86 bits per heavy atom. The van der Waals surface area contributed by atoms with Crippen LogP contribution in [0.15, 0.2) is 36.7 Å². The number of halogens is 1. The number of nitrogens with zero attached hydrogens (tertiary/aromatic N) is 1. The topological polar surface area (TPSA) is 35.5 Å². The molecule has 0 radical (unpaired) electrons. The predicted octanol–water partition coefficient (Wildman–Crippen LogP) is 3.05. The minimum absolute atomic E-state index is 0.188. The standard InChI is InChI=1S/C17H19ClN2O/c18-15-6-4-5-14(13-15)7-8-16-19-11-12-20(16)17(21)9-2-1-3-10-17/h4-6,11-13,16,19,21H,1-3,9-10H2. The Balaban J connectivity index is 1.77. The van der Waals surface area contributed by atoms with Gasteiger partial charge < -0.3 is 15.3 Å². The Morgan fingerprint density at radius 1 is 1.29 bits per heavy atom. The van der Waals surface area contributed by atoms with Crippen molar-refractivity contribution in [3.8, 4) is 11.8 Å². The van der Waals surface area contributed by atoms with Crippen molar-refractivity contribution in [2.45, 2.75) is 44.0 Å². The van der Waals surface area contributed by atoms with Gasteiger partial charge in [0.15, 0.2) is 6.17 Å². The van der Waals surface area contributed by atoms with E-state index in [1.165, 1.54) is 6.42 Å². The molecule has 110 valence electrons. The second kappa shape index (κ2) is 6.01. The first-order valence-corrected chi connectivity index (χ1v) is 7.76. The maximum Gasteiger partial charge on any atom is 0.165 e. The maximum absolute atomic E-state index is 10.8. The summed E-state index contributed by atoms with van der Waals surface area (Å²) in [5.74, 6) is 6.31. The van der Waals surface area contributed by atoms with E-state index in [1.807, 2.05) is 41.6 Å². The zero-order valence-electron chi connectivity index (χ0n) is 11.8. The average molecular weight is 303 g/mol. The quantitative estimate of drug-likeness (QED) is 0.783. The molecule has 0 bridgehead atoms. The van der Waals surface area contributed by atoms with E-state index in [0.717, 1.165) is 31.2 Å². The van der Waals surface area contributed by atoms with Crippen LogP contribution in [-0.2, 0) is 0 Å². The zero-order valence-corrected chi connectivity index (χ0v) is 12.6. The van der Waals surface area contributed by atoms with Crippen molar-refractivity contribution >= 4 is 11.6 Å². The molecule has 3 rings (SSSR count). The van der Waals surface area contributed by atoms with Crippen LogP contribution in [0.1, 0.15) is 37.7 Å². The van der Waals surface area contributed by atoms with Gasteiger partial charge in [0.05, 0.1) is 0 Å². The van der Waals surface area contributed by atoms with E-state index in [2.05, 4.69) is 17.2 Å². The highest BCUT2D eigenvalue weighted by Gasteiger charge is 2.38. The molecule has 2 aliphatic rings. The van der Waals surface area contributed by atoms with E-state index in [0.29, 0.717) is 5.02 Å². The Labute approximate surface area is 130 Å². The van der Waals surface area contributed by atoms with Crippen LogP contribution in [0.25, 0.3) is 0 Å². The summed E-state index contributed by atoms with van der Waals surface area (Å²) < 4.78 is 0. The summed E-state index contributed by atoms with van der Waals surface area (Å²) in [7, 11) is 0. The molecule has 0 spiro atoms. The van der Waals surface area contributed by atoms with Crippen molar-refractivity contribution in [3.05, 3.63) is 47.3 Å². The van der Waals surface area contributed by atoms with Crippen LogP contribution >= 0.6 is 11.6 Å². The number of hydrogen-bond donors (Lipinski definition) is 2. The van der Waals surface area contributed by atoms with Gasteiger partial charge in [0.2, 0.25) is 0 Å². The van der Waals surface area contributed by atoms with Gasteiger partial charge in [0.1, 0.15) is 5.72 Å². The van der Waals surface area contributed by atoms with Gasteiger partial charge in [-0.15, -0.1) is 0 Å². The third-order valence-corrected chi connectivity index (χ3v) is 4.32. The van der Waals surface area contributed by atoms with Gasteiger partial charge in [-0.1, -0.05) is 35.9 Å². The maximum atomic E-state index is 10.8. The van der Waals surface area contributed by atoms with Crippen molar-refractivity contribution in [2.75, 3.05) is 0 Å². The highest BCUT2D eigenvalue weighted by molar-refractivity contribution is 6.30. The molecule has 1 unspecified atom stereocenters. The van der Waals surface area contributed by atoms with Crippen molar-refractivity contribution in [2.24, 2.45) is 0 Å². The van der Waals surface area contributed by atoms with Crippen LogP contribution in [0, 0.1) is 11.8 Å². The minimum atomic E-state index is -0.772. The van der Waals surface area contributed by atoms with Crippen molar-refractivity contribution in [1.29, 1.82) is 0 Å². The fraction of sp³-hybridized carbons (Fsp3) is 0.412. The first kappa shape index (κ1) is 14.3. The first-order chi connectivity index (χ1) is 10.2. The summed E-state index contributed by atoms with van der Waals surface area (Å²) in [5, 5.41) is 14.7. The zero-order chi connectivity index (χ0) is 14.7. The van der Waals surface area contributed by atoms with Gasteiger partial charge in [0, 0.05) is 23.0 Å². The number of rotatable bonds is 1. The van der Waals surface area contributed by atoms with E-state index in [1.54, 1.807) is 0 Å². The lowest BCUT2D eigenvalue weighted by molar-refractivity contribution is -0.115. The Morgan fingerprint density at radius 2 is 2.10 bits per heavy atom. The molecule has 0 aromatic heterocycles. The van der Waals surface area contributed by atoms with Crippen LogP contribution in [0.4, 0.5) is 0 Å². The Bertz CT molecular complexity index is 596. The van der Waals surface area contributed by atoms with Crippen LogP contribution in [0.2, 0.25) is 5.02 Å². The summed E-state index contributed by atoms with van der Waals surface area (Å²) in [4.78, 5) is 1.95. The summed E-state index contributed by atoms with van der Waals surface area (Å²) >= 11 is 5.97. The second-order valence-corrected chi connectivity index (χ2v) is 6.05.